The van der Waals surface area contributed by atoms with Crippen LogP contribution < -0.4 is 21.3 Å². The molecular weight excluding hydrogens is 769 g/mol. The molecule has 2 aromatic rings. The van der Waals surface area contributed by atoms with Gasteiger partial charge < -0.3 is 51.9 Å². The number of unbranched alkanes of at least 4 members (excludes halogenated alkanes) is 6. The van der Waals surface area contributed by atoms with Crippen LogP contribution in [-0.2, 0) is 41.6 Å². The molecule has 18 heteroatoms. The van der Waals surface area contributed by atoms with Crippen molar-refractivity contribution in [3.8, 4) is 0 Å². The van der Waals surface area contributed by atoms with Crippen LogP contribution in [0.15, 0.2) is 60.7 Å². The van der Waals surface area contributed by atoms with E-state index in [1.165, 1.54) is 74.0 Å². The minimum absolute atomic E-state index is 1.09. The Morgan fingerprint density at radius 1 is 0.357 bits per heavy atom. The second-order valence-electron chi connectivity index (χ2n) is 11.8. The lowest BCUT2D eigenvalue weighted by molar-refractivity contribution is -0.159. The van der Waals surface area contributed by atoms with Gasteiger partial charge in [-0.25, -0.2) is 28.8 Å². The number of carbonyl (C=O) groups is 6. The molecule has 56 heavy (non-hydrogen) atoms. The van der Waals surface area contributed by atoms with Crippen LogP contribution >= 0.6 is 21.6 Å². The predicted molar refractivity (Wildman–Crippen MR) is 219 cm³/mol. The van der Waals surface area contributed by atoms with E-state index in [0.717, 1.165) is 65.2 Å². The molecule has 0 atom stereocenters. The molecule has 0 saturated heterocycles. The minimum atomic E-state index is -1.82. The van der Waals surface area contributed by atoms with Crippen LogP contribution in [0.1, 0.15) is 62.5 Å². The third-order valence-corrected chi connectivity index (χ3v) is 9.55. The molecule has 0 bridgehead atoms. The van der Waals surface area contributed by atoms with Gasteiger partial charge in [-0.15, -0.1) is 0 Å². The van der Waals surface area contributed by atoms with Crippen LogP contribution in [-0.4, -0.2) is 130 Å². The van der Waals surface area contributed by atoms with Gasteiger partial charge in [0.15, 0.2) is 0 Å². The highest BCUT2D eigenvalue weighted by molar-refractivity contribution is 8.76. The molecule has 0 heterocycles. The number of carboxylic acid groups (broad SMARTS) is 6. The van der Waals surface area contributed by atoms with Gasteiger partial charge in [0.25, 0.3) is 0 Å². The van der Waals surface area contributed by atoms with Crippen molar-refractivity contribution in [1.82, 2.24) is 21.3 Å². The van der Waals surface area contributed by atoms with Crippen LogP contribution in [0.4, 0.5) is 0 Å². The molecule has 0 fully saturated rings. The SMILES string of the molecule is O=C(O)C(=O)O.O=C(O)C(=O)O.O=C(O)C(=O)O.c1ccc(CCNCCCCCCNCCSSCCNCCCCCCNCCc2ccccc2)cc1. The Hall–Kier alpha value is -4.20. The van der Waals surface area contributed by atoms with Crippen molar-refractivity contribution in [3.63, 3.8) is 0 Å². The lowest BCUT2D eigenvalue weighted by atomic mass is 10.1. The molecular formula is C38H60N4O12S2. The van der Waals surface area contributed by atoms with Crippen LogP contribution in [0.2, 0.25) is 0 Å². The van der Waals surface area contributed by atoms with E-state index >= 15 is 0 Å². The van der Waals surface area contributed by atoms with E-state index in [9.17, 15) is 0 Å². The lowest BCUT2D eigenvalue weighted by Gasteiger charge is -2.07. The first-order chi connectivity index (χ1) is 26.9. The fourth-order valence-corrected chi connectivity index (χ4v) is 6.21. The smallest absolute Gasteiger partial charge is 0.414 e. The molecule has 10 N–H and O–H groups in total. The zero-order chi connectivity index (χ0) is 42.1. The average Bonchev–Trinajstić information content (AvgIpc) is 3.17. The van der Waals surface area contributed by atoms with E-state index < -0.39 is 35.8 Å². The second kappa shape index (κ2) is 40.5. The molecule has 0 spiro atoms. The fourth-order valence-electron chi connectivity index (χ4n) is 4.31. The molecule has 2 aromatic carbocycles. The van der Waals surface area contributed by atoms with Gasteiger partial charge in [0.1, 0.15) is 0 Å². The summed E-state index contributed by atoms with van der Waals surface area (Å²) in [6.45, 7) is 9.07. The van der Waals surface area contributed by atoms with Gasteiger partial charge in [0.05, 0.1) is 0 Å². The van der Waals surface area contributed by atoms with E-state index in [1.54, 1.807) is 0 Å². The van der Waals surface area contributed by atoms with Gasteiger partial charge >= 0.3 is 35.8 Å². The van der Waals surface area contributed by atoms with Crippen LogP contribution in [0.25, 0.3) is 0 Å². The molecule has 0 aliphatic carbocycles. The summed E-state index contributed by atoms with van der Waals surface area (Å²) in [6, 6.07) is 21.5. The summed E-state index contributed by atoms with van der Waals surface area (Å²) in [5.74, 6) is -8.54. The summed E-state index contributed by atoms with van der Waals surface area (Å²) in [5.41, 5.74) is 2.85. The molecule has 0 aromatic heterocycles. The standard InChI is InChI=1S/C32H54N4S2.3C2H2O4/c1(11-21-33-25-19-31-15-7-5-8-16-31)3-13-23-35-27-29-37-38-30-28-36-24-14-4-2-12-22-34-26-20-32-17-9-6-10-18-32;3*3-1(4)2(5)6/h5-10,15-18,33-36H,1-4,11-14,19-30H2;3*(H,3,4)(H,5,6). The van der Waals surface area contributed by atoms with Crippen molar-refractivity contribution in [2.45, 2.75) is 64.2 Å². The molecule has 0 aliphatic rings. The Labute approximate surface area is 337 Å². The van der Waals surface area contributed by atoms with E-state index in [4.69, 9.17) is 59.4 Å². The minimum Gasteiger partial charge on any atom is -0.473 e. The number of benzene rings is 2. The Balaban J connectivity index is 0. The van der Waals surface area contributed by atoms with Gasteiger partial charge in [-0.05, 0) is 88.9 Å². The molecule has 16 nitrogen and oxygen atoms in total. The third kappa shape index (κ3) is 42.5. The summed E-state index contributed by atoms with van der Waals surface area (Å²) in [5, 5.41) is 58.7. The van der Waals surface area contributed by atoms with Gasteiger partial charge in [-0.1, -0.05) is 108 Å². The maximum absolute atomic E-state index is 9.10. The number of nitrogens with one attached hydrogen (secondary N) is 4. The van der Waals surface area contributed by atoms with Crippen molar-refractivity contribution in [2.75, 3.05) is 63.9 Å². The zero-order valence-electron chi connectivity index (χ0n) is 31.9. The number of rotatable bonds is 27. The highest BCUT2D eigenvalue weighted by Crippen LogP contribution is 2.19. The van der Waals surface area contributed by atoms with Crippen LogP contribution in [0.3, 0.4) is 0 Å². The Morgan fingerprint density at radius 2 is 0.607 bits per heavy atom. The molecule has 316 valence electrons. The zero-order valence-corrected chi connectivity index (χ0v) is 33.5. The summed E-state index contributed by atoms with van der Waals surface area (Å²) in [4.78, 5) is 54.6. The molecule has 0 saturated carbocycles. The topological polar surface area (TPSA) is 272 Å². The van der Waals surface area contributed by atoms with Crippen molar-refractivity contribution in [3.05, 3.63) is 71.8 Å². The van der Waals surface area contributed by atoms with Crippen molar-refractivity contribution in [2.24, 2.45) is 0 Å². The number of aliphatic carboxylic acids is 6. The van der Waals surface area contributed by atoms with E-state index in [-0.39, 0.29) is 0 Å². The Kier molecular flexibility index (Phi) is 38.9. The first-order valence-corrected chi connectivity index (χ1v) is 20.9. The number of carboxylic acids is 6. The first kappa shape index (κ1) is 53.9. The molecule has 0 aliphatic heterocycles. The average molecular weight is 829 g/mol. The molecule has 0 unspecified atom stereocenters. The number of hydrogen-bond donors (Lipinski definition) is 10. The van der Waals surface area contributed by atoms with Crippen molar-refractivity contribution >= 4 is 57.4 Å². The molecule has 0 radical (unpaired) electrons. The summed E-state index contributed by atoms with van der Waals surface area (Å²) in [6.07, 6.45) is 12.8. The second-order valence-corrected chi connectivity index (χ2v) is 14.5. The van der Waals surface area contributed by atoms with Gasteiger partial charge in [0.2, 0.25) is 0 Å². The predicted octanol–water partition coefficient (Wildman–Crippen LogP) is 3.80. The third-order valence-electron chi connectivity index (χ3n) is 7.14. The lowest BCUT2D eigenvalue weighted by Crippen LogP contribution is -2.20. The molecule has 2 rings (SSSR count). The van der Waals surface area contributed by atoms with E-state index in [1.807, 2.05) is 21.6 Å². The highest BCUT2D eigenvalue weighted by Gasteiger charge is 2.05. The summed E-state index contributed by atoms with van der Waals surface area (Å²) < 4.78 is 0. The molecule has 0 amide bonds. The monoisotopic (exact) mass is 828 g/mol. The Morgan fingerprint density at radius 3 is 0.857 bits per heavy atom. The summed E-state index contributed by atoms with van der Waals surface area (Å²) >= 11 is 0. The van der Waals surface area contributed by atoms with Crippen molar-refractivity contribution < 1.29 is 59.4 Å². The van der Waals surface area contributed by atoms with Gasteiger partial charge in [-0.3, -0.25) is 0 Å². The Bertz CT molecular complexity index is 1160. The van der Waals surface area contributed by atoms with Crippen molar-refractivity contribution in [1.29, 1.82) is 0 Å². The number of hydrogen-bond acceptors (Lipinski definition) is 12. The highest BCUT2D eigenvalue weighted by atomic mass is 33.1. The maximum Gasteiger partial charge on any atom is 0.414 e. The van der Waals surface area contributed by atoms with Crippen LogP contribution in [0.5, 0.6) is 0 Å². The normalized spacial score (nSPS) is 10.0. The summed E-state index contributed by atoms with van der Waals surface area (Å²) in [7, 11) is 4.02. The van der Waals surface area contributed by atoms with Gasteiger partial charge in [-0.2, -0.15) is 0 Å². The largest absolute Gasteiger partial charge is 0.473 e. The van der Waals surface area contributed by atoms with Gasteiger partial charge in [0, 0.05) is 24.6 Å². The van der Waals surface area contributed by atoms with E-state index in [2.05, 4.69) is 81.9 Å². The van der Waals surface area contributed by atoms with E-state index in [0.29, 0.717) is 0 Å². The quantitative estimate of drug-likeness (QED) is 0.0348. The fraction of sp³-hybridized carbons (Fsp3) is 0.526. The first-order valence-electron chi connectivity index (χ1n) is 18.4. The van der Waals surface area contributed by atoms with Crippen LogP contribution in [0, 0.1) is 0 Å². The maximum atomic E-state index is 9.10.